The van der Waals surface area contributed by atoms with Crippen LogP contribution in [0.1, 0.15) is 5.56 Å². The summed E-state index contributed by atoms with van der Waals surface area (Å²) < 4.78 is 35.8. The molecule has 0 fully saturated rings. The highest BCUT2D eigenvalue weighted by Crippen LogP contribution is 2.21. The number of ketones is 1. The monoisotopic (exact) mass is 218 g/mol. The number of hydrogen-bond acceptors (Lipinski definition) is 2. The third-order valence-electron chi connectivity index (χ3n) is 1.84. The van der Waals surface area contributed by atoms with Crippen molar-refractivity contribution in [1.29, 1.82) is 0 Å². The fraction of sp³-hybridized carbons (Fsp3) is 0.300. The third kappa shape index (κ3) is 3.36. The molecule has 1 N–H and O–H groups in total. The Morgan fingerprint density at radius 2 is 1.80 bits per heavy atom. The van der Waals surface area contributed by atoms with E-state index in [9.17, 15) is 18.0 Å². The number of rotatable bonds is 3. The Bertz CT molecular complexity index is 332. The van der Waals surface area contributed by atoms with E-state index in [0.717, 1.165) is 0 Å². The maximum Gasteiger partial charge on any atom is 0.421 e. The second-order valence-electron chi connectivity index (χ2n) is 3.07. The molecule has 2 nitrogen and oxygen atoms in total. The number of Topliss-reactive ketones (excluding diaryl/α,β-unsaturated/α-hetero) is 1. The number of carbonyl (C=O) groups is 1. The summed E-state index contributed by atoms with van der Waals surface area (Å²) in [4.78, 5) is 11.0. The summed E-state index contributed by atoms with van der Waals surface area (Å²) >= 11 is 0. The number of carbonyl (C=O) groups excluding carboxylic acids is 1. The van der Waals surface area contributed by atoms with Crippen LogP contribution in [-0.4, -0.2) is 23.2 Å². The normalized spacial score (nSPS) is 13.6. The molecule has 1 rings (SSSR count). The van der Waals surface area contributed by atoms with Crippen molar-refractivity contribution in [2.24, 2.45) is 0 Å². The molecule has 0 radical (unpaired) electrons. The third-order valence-corrected chi connectivity index (χ3v) is 1.84. The van der Waals surface area contributed by atoms with Gasteiger partial charge in [0.1, 0.15) is 0 Å². The minimum absolute atomic E-state index is 0.415. The van der Waals surface area contributed by atoms with Crippen molar-refractivity contribution in [3.05, 3.63) is 35.9 Å². The first-order valence-corrected chi connectivity index (χ1v) is 4.22. The Kier molecular flexibility index (Phi) is 3.47. The van der Waals surface area contributed by atoms with Gasteiger partial charge in [-0.2, -0.15) is 13.2 Å². The fourth-order valence-corrected chi connectivity index (χ4v) is 1.08. The van der Waals surface area contributed by atoms with Crippen molar-refractivity contribution >= 4 is 5.78 Å². The average Bonchev–Trinajstić information content (AvgIpc) is 2.16. The molecule has 0 saturated heterocycles. The molecule has 0 aliphatic carbocycles. The summed E-state index contributed by atoms with van der Waals surface area (Å²) in [6, 6.07) is 7.97. The molecule has 1 aromatic carbocycles. The van der Waals surface area contributed by atoms with Crippen molar-refractivity contribution in [3.63, 3.8) is 0 Å². The van der Waals surface area contributed by atoms with E-state index in [1.807, 2.05) is 0 Å². The van der Waals surface area contributed by atoms with Crippen molar-refractivity contribution < 1.29 is 23.1 Å². The topological polar surface area (TPSA) is 37.3 Å². The van der Waals surface area contributed by atoms with Gasteiger partial charge in [-0.3, -0.25) is 4.79 Å². The first kappa shape index (κ1) is 11.7. The molecule has 1 unspecified atom stereocenters. The Morgan fingerprint density at radius 1 is 1.27 bits per heavy atom. The van der Waals surface area contributed by atoms with Crippen molar-refractivity contribution in [3.8, 4) is 0 Å². The zero-order valence-electron chi connectivity index (χ0n) is 7.66. The quantitative estimate of drug-likeness (QED) is 0.838. The Morgan fingerprint density at radius 3 is 2.27 bits per heavy atom. The van der Waals surface area contributed by atoms with Crippen LogP contribution in [0, 0.1) is 0 Å². The summed E-state index contributed by atoms with van der Waals surface area (Å²) in [7, 11) is 0. The highest BCUT2D eigenvalue weighted by molar-refractivity contribution is 5.85. The zero-order chi connectivity index (χ0) is 11.5. The second kappa shape index (κ2) is 4.44. The molecule has 82 valence electrons. The van der Waals surface area contributed by atoms with Crippen LogP contribution in [0.5, 0.6) is 0 Å². The van der Waals surface area contributed by atoms with Gasteiger partial charge in [0.15, 0.2) is 5.78 Å². The van der Waals surface area contributed by atoms with E-state index >= 15 is 0 Å². The van der Waals surface area contributed by atoms with Crippen LogP contribution in [0.25, 0.3) is 0 Å². The van der Waals surface area contributed by atoms with Crippen molar-refractivity contribution in [2.45, 2.75) is 18.7 Å². The highest BCUT2D eigenvalue weighted by atomic mass is 19.4. The Hall–Kier alpha value is -1.36. The molecule has 0 aliphatic rings. The average molecular weight is 218 g/mol. The van der Waals surface area contributed by atoms with Gasteiger partial charge in [-0.1, -0.05) is 30.3 Å². The predicted molar refractivity (Wildman–Crippen MR) is 47.2 cm³/mol. The van der Waals surface area contributed by atoms with Gasteiger partial charge in [0, 0.05) is 6.42 Å². The van der Waals surface area contributed by atoms with E-state index in [1.54, 1.807) is 18.2 Å². The van der Waals surface area contributed by atoms with E-state index in [1.165, 1.54) is 12.1 Å². The molecule has 5 heteroatoms. The summed E-state index contributed by atoms with van der Waals surface area (Å²) in [6.07, 6.45) is -8.19. The second-order valence-corrected chi connectivity index (χ2v) is 3.07. The molecule has 0 aromatic heterocycles. The van der Waals surface area contributed by atoms with Crippen LogP contribution < -0.4 is 0 Å². The predicted octanol–water partition coefficient (Wildman–Crippen LogP) is 1.72. The molecule has 1 atom stereocenters. The van der Waals surface area contributed by atoms with Gasteiger partial charge in [0.25, 0.3) is 0 Å². The van der Waals surface area contributed by atoms with E-state index in [4.69, 9.17) is 5.11 Å². The smallest absolute Gasteiger partial charge is 0.377 e. The van der Waals surface area contributed by atoms with Crippen LogP contribution in [0.4, 0.5) is 13.2 Å². The molecule has 0 bridgehead atoms. The number of halogens is 3. The van der Waals surface area contributed by atoms with E-state index in [-0.39, 0.29) is 0 Å². The minimum atomic E-state index is -4.88. The standard InChI is InChI=1S/C10H9F3O2/c11-10(12,13)9(15)8(14)6-7-4-2-1-3-5-7/h1-5,9,15H,6H2. The zero-order valence-corrected chi connectivity index (χ0v) is 7.66. The largest absolute Gasteiger partial charge is 0.421 e. The van der Waals surface area contributed by atoms with Gasteiger partial charge in [0.05, 0.1) is 0 Å². The number of benzene rings is 1. The van der Waals surface area contributed by atoms with Crippen LogP contribution in [0.15, 0.2) is 30.3 Å². The molecule has 0 saturated carbocycles. The van der Waals surface area contributed by atoms with Crippen molar-refractivity contribution in [1.82, 2.24) is 0 Å². The molecule has 0 aliphatic heterocycles. The summed E-state index contributed by atoms with van der Waals surface area (Å²) in [5.74, 6) is -1.24. The van der Waals surface area contributed by atoms with E-state index in [2.05, 4.69) is 0 Å². The van der Waals surface area contributed by atoms with Gasteiger partial charge in [-0.25, -0.2) is 0 Å². The number of alkyl halides is 3. The molecule has 0 spiro atoms. The summed E-state index contributed by atoms with van der Waals surface area (Å²) in [6.45, 7) is 0. The minimum Gasteiger partial charge on any atom is -0.377 e. The molecular weight excluding hydrogens is 209 g/mol. The van der Waals surface area contributed by atoms with E-state index in [0.29, 0.717) is 5.56 Å². The van der Waals surface area contributed by atoms with E-state index < -0.39 is 24.5 Å². The Balaban J connectivity index is 2.65. The van der Waals surface area contributed by atoms with Crippen LogP contribution in [0.3, 0.4) is 0 Å². The van der Waals surface area contributed by atoms with Crippen LogP contribution in [0.2, 0.25) is 0 Å². The fourth-order valence-electron chi connectivity index (χ4n) is 1.08. The lowest BCUT2D eigenvalue weighted by Gasteiger charge is -2.12. The maximum atomic E-state index is 11.9. The van der Waals surface area contributed by atoms with Crippen LogP contribution in [-0.2, 0) is 11.2 Å². The molecule has 15 heavy (non-hydrogen) atoms. The lowest BCUT2D eigenvalue weighted by molar-refractivity contribution is -0.203. The van der Waals surface area contributed by atoms with Gasteiger partial charge in [-0.15, -0.1) is 0 Å². The first-order valence-electron chi connectivity index (χ1n) is 4.22. The van der Waals surface area contributed by atoms with Gasteiger partial charge in [0.2, 0.25) is 6.10 Å². The summed E-state index contributed by atoms with van der Waals surface area (Å²) in [5, 5.41) is 8.64. The van der Waals surface area contributed by atoms with Crippen LogP contribution >= 0.6 is 0 Å². The molecular formula is C10H9F3O2. The first-order chi connectivity index (χ1) is 6.91. The van der Waals surface area contributed by atoms with Gasteiger partial charge < -0.3 is 5.11 Å². The molecule has 0 heterocycles. The number of hydrogen-bond donors (Lipinski definition) is 1. The highest BCUT2D eigenvalue weighted by Gasteiger charge is 2.42. The van der Waals surface area contributed by atoms with Crippen molar-refractivity contribution in [2.75, 3.05) is 0 Å². The number of aliphatic hydroxyl groups excluding tert-OH is 1. The molecule has 0 amide bonds. The lowest BCUT2D eigenvalue weighted by Crippen LogP contribution is -2.37. The van der Waals surface area contributed by atoms with Gasteiger partial charge in [-0.05, 0) is 5.56 Å². The number of aliphatic hydroxyl groups is 1. The summed E-state index contributed by atoms with van der Waals surface area (Å²) in [5.41, 5.74) is 0.450. The molecule has 1 aromatic rings. The Labute approximate surface area is 84.3 Å². The lowest BCUT2D eigenvalue weighted by atomic mass is 10.1. The van der Waals surface area contributed by atoms with Gasteiger partial charge >= 0.3 is 6.18 Å². The SMILES string of the molecule is O=C(Cc1ccccc1)C(O)C(F)(F)F. The maximum absolute atomic E-state index is 11.9.